The summed E-state index contributed by atoms with van der Waals surface area (Å²) < 4.78 is 4.82. The van der Waals surface area contributed by atoms with Crippen molar-refractivity contribution in [3.8, 4) is 33.6 Å². The summed E-state index contributed by atoms with van der Waals surface area (Å²) in [6, 6.07) is 30.4. The molecule has 4 heterocycles. The number of H-pyrrole nitrogens is 2. The average molecular weight is 836 g/mol. The van der Waals surface area contributed by atoms with Gasteiger partial charge in [0, 0.05) is 18.7 Å². The molecule has 7 N–H and O–H groups in total. The van der Waals surface area contributed by atoms with E-state index in [9.17, 15) is 29.1 Å². The molecule has 0 bridgehead atoms. The fourth-order valence-corrected chi connectivity index (χ4v) is 8.38. The van der Waals surface area contributed by atoms with Crippen LogP contribution >= 0.6 is 0 Å². The van der Waals surface area contributed by atoms with E-state index in [2.05, 4.69) is 25.6 Å². The molecule has 6 aromatic rings. The second kappa shape index (κ2) is 17.8. The van der Waals surface area contributed by atoms with E-state index in [-0.39, 0.29) is 17.6 Å². The fourth-order valence-electron chi connectivity index (χ4n) is 8.38. The zero-order chi connectivity index (χ0) is 43.3. The van der Waals surface area contributed by atoms with Gasteiger partial charge in [0.05, 0.1) is 31.1 Å². The van der Waals surface area contributed by atoms with Crippen molar-refractivity contribution < 1.29 is 33.8 Å². The summed E-state index contributed by atoms with van der Waals surface area (Å²) in [5.74, 6) is -0.314. The Bertz CT molecular complexity index is 2580. The highest BCUT2D eigenvalue weighted by molar-refractivity contribution is 5.97. The number of benzene rings is 4. The first-order valence-electron chi connectivity index (χ1n) is 20.3. The van der Waals surface area contributed by atoms with Crippen molar-refractivity contribution in [1.82, 2.24) is 40.4 Å². The molecule has 4 atom stereocenters. The molecule has 2 unspecified atom stereocenters. The molecule has 5 amide bonds. The number of ether oxygens (including phenoxy) is 1. The summed E-state index contributed by atoms with van der Waals surface area (Å²) in [6.07, 6.45) is 2.47. The van der Waals surface area contributed by atoms with Gasteiger partial charge in [0.2, 0.25) is 0 Å². The van der Waals surface area contributed by atoms with E-state index in [1.165, 1.54) is 7.11 Å². The number of methoxy groups -OCH3 is 1. The van der Waals surface area contributed by atoms with Crippen molar-refractivity contribution in [3.63, 3.8) is 0 Å². The number of nitrogens with two attached hydrogens (primary N) is 1. The Morgan fingerprint density at radius 2 is 1.19 bits per heavy atom. The van der Waals surface area contributed by atoms with Crippen molar-refractivity contribution in [2.75, 3.05) is 20.2 Å². The second-order valence-electron chi connectivity index (χ2n) is 15.2. The lowest BCUT2D eigenvalue weighted by Gasteiger charge is -2.28. The molecular weight excluding hydrogens is 791 g/mol. The van der Waals surface area contributed by atoms with Gasteiger partial charge >= 0.3 is 12.2 Å². The predicted octanol–water partition coefficient (Wildman–Crippen LogP) is 6.67. The number of carbonyl (C=O) groups is 5. The third kappa shape index (κ3) is 8.48. The van der Waals surface area contributed by atoms with Gasteiger partial charge in [-0.2, -0.15) is 0 Å². The van der Waals surface area contributed by atoms with Gasteiger partial charge in [-0.05, 0) is 53.5 Å². The van der Waals surface area contributed by atoms with Gasteiger partial charge in [-0.3, -0.25) is 14.4 Å². The Kier molecular flexibility index (Phi) is 11.8. The summed E-state index contributed by atoms with van der Waals surface area (Å²) in [5.41, 5.74) is 11.7. The number of likely N-dealkylation sites (tertiary alicyclic amines) is 2. The summed E-state index contributed by atoms with van der Waals surface area (Å²) in [6.45, 7) is 0.909. The van der Waals surface area contributed by atoms with Crippen LogP contribution < -0.4 is 16.4 Å². The van der Waals surface area contributed by atoms with Gasteiger partial charge < -0.3 is 46.0 Å². The zero-order valence-electron chi connectivity index (χ0n) is 33.8. The molecule has 2 aliphatic heterocycles. The van der Waals surface area contributed by atoms with Gasteiger partial charge in [-0.25, -0.2) is 19.6 Å². The molecule has 0 saturated carbocycles. The van der Waals surface area contributed by atoms with E-state index in [0.717, 1.165) is 28.8 Å². The molecule has 2 fully saturated rings. The van der Waals surface area contributed by atoms with Crippen LogP contribution in [0.3, 0.4) is 0 Å². The molecule has 2 aliphatic rings. The number of hydrogen-bond acceptors (Lipinski definition) is 8. The van der Waals surface area contributed by atoms with Crippen molar-refractivity contribution in [2.45, 2.75) is 49.9 Å². The Morgan fingerprint density at radius 1 is 0.694 bits per heavy atom. The summed E-state index contributed by atoms with van der Waals surface area (Å²) in [4.78, 5) is 83.7. The number of primary amides is 1. The minimum Gasteiger partial charge on any atom is -0.465 e. The molecule has 8 rings (SSSR count). The maximum absolute atomic E-state index is 13.9. The number of carboxylic acid groups (broad SMARTS) is 1. The third-order valence-electron chi connectivity index (χ3n) is 11.4. The Balaban J connectivity index is 0.970. The van der Waals surface area contributed by atoms with Crippen LogP contribution in [-0.4, -0.2) is 84.9 Å². The van der Waals surface area contributed by atoms with Crippen LogP contribution in [0.15, 0.2) is 115 Å². The molecule has 16 heteroatoms. The highest BCUT2D eigenvalue weighted by Crippen LogP contribution is 2.37. The maximum atomic E-state index is 13.9. The largest absolute Gasteiger partial charge is 0.465 e. The first-order chi connectivity index (χ1) is 30.1. The number of rotatable bonds is 12. The van der Waals surface area contributed by atoms with E-state index in [1.807, 2.05) is 66.7 Å². The molecule has 16 nitrogen and oxygen atoms in total. The highest BCUT2D eigenvalue weighted by Gasteiger charge is 2.39. The fraction of sp³-hybridized carbons (Fsp3) is 0.239. The predicted molar refractivity (Wildman–Crippen MR) is 228 cm³/mol. The second-order valence-corrected chi connectivity index (χ2v) is 15.2. The van der Waals surface area contributed by atoms with Crippen LogP contribution in [0.2, 0.25) is 0 Å². The number of nitrogens with zero attached hydrogens (tertiary/aromatic N) is 4. The van der Waals surface area contributed by atoms with E-state index in [1.54, 1.807) is 58.5 Å². The normalized spacial score (nSPS) is 17.0. The lowest BCUT2D eigenvalue weighted by Crippen LogP contribution is -2.42. The minimum absolute atomic E-state index is 0.109. The number of imidazole rings is 2. The summed E-state index contributed by atoms with van der Waals surface area (Å²) in [5, 5.41) is 14.6. The van der Waals surface area contributed by atoms with Crippen LogP contribution in [0.1, 0.15) is 83.1 Å². The number of alkyl carbamates (subject to hydrolysis) is 1. The average Bonchev–Trinajstić information content (AvgIpc) is 4.14. The topological polar surface area (TPSA) is 229 Å². The number of amides is 5. The molecular formula is C46H45N9O7. The first kappa shape index (κ1) is 41.0. The summed E-state index contributed by atoms with van der Waals surface area (Å²) >= 11 is 0. The molecule has 4 aromatic carbocycles. The Hall–Kier alpha value is -7.75. The molecule has 2 saturated heterocycles. The first-order valence-corrected chi connectivity index (χ1v) is 20.3. The zero-order valence-corrected chi connectivity index (χ0v) is 33.8. The number of nitrogens with one attached hydrogen (secondary N) is 4. The van der Waals surface area contributed by atoms with Gasteiger partial charge in [0.25, 0.3) is 17.7 Å². The number of aromatic nitrogens is 4. The number of carbonyl (C=O) groups excluding carboxylic acids is 4. The van der Waals surface area contributed by atoms with Crippen molar-refractivity contribution >= 4 is 29.9 Å². The maximum Gasteiger partial charge on any atom is 0.407 e. The molecule has 0 radical (unpaired) electrons. The van der Waals surface area contributed by atoms with Crippen molar-refractivity contribution in [3.05, 3.63) is 144 Å². The SMILES string of the molecule is COC(=O)NC(C(=O)N1CCC[C@H]1c1ncc(-c2ccc(-c3ccc(-c4nc([C@@H]5CCCN5C(=O)C(NC(=O)O)c5ccccc5)[nH]c4C(N)=O)cc3)cc2)[nH]1)c1ccccc1. The molecule has 316 valence electrons. The summed E-state index contributed by atoms with van der Waals surface area (Å²) in [7, 11) is 1.26. The number of hydrogen-bond donors (Lipinski definition) is 6. The molecule has 0 spiro atoms. The van der Waals surface area contributed by atoms with Crippen LogP contribution in [-0.2, 0) is 14.3 Å². The van der Waals surface area contributed by atoms with E-state index < -0.39 is 42.1 Å². The lowest BCUT2D eigenvalue weighted by atomic mass is 10.0. The van der Waals surface area contributed by atoms with E-state index in [0.29, 0.717) is 66.4 Å². The number of aromatic amines is 2. The van der Waals surface area contributed by atoms with Crippen LogP contribution in [0.25, 0.3) is 33.6 Å². The highest BCUT2D eigenvalue weighted by atomic mass is 16.5. The molecule has 62 heavy (non-hydrogen) atoms. The smallest absolute Gasteiger partial charge is 0.407 e. The minimum atomic E-state index is -1.32. The monoisotopic (exact) mass is 835 g/mol. The van der Waals surface area contributed by atoms with Crippen molar-refractivity contribution in [2.24, 2.45) is 5.73 Å². The Labute approximate surface area is 356 Å². The van der Waals surface area contributed by atoms with Crippen LogP contribution in [0.5, 0.6) is 0 Å². The van der Waals surface area contributed by atoms with E-state index in [4.69, 9.17) is 15.5 Å². The molecule has 2 aromatic heterocycles. The quantitative estimate of drug-likeness (QED) is 0.0773. The van der Waals surface area contributed by atoms with Crippen molar-refractivity contribution in [1.29, 1.82) is 0 Å². The third-order valence-corrected chi connectivity index (χ3v) is 11.4. The molecule has 0 aliphatic carbocycles. The Morgan fingerprint density at radius 3 is 1.71 bits per heavy atom. The van der Waals surface area contributed by atoms with Crippen LogP contribution in [0, 0.1) is 0 Å². The standard InChI is InChI=1S/C46H45N9O7/c1-62-46(61)53-38(31-12-6-3-7-13-31)44(58)54-24-8-14-34(54)41-48-26-33(49-41)29-20-16-27(17-21-29)28-18-22-32(23-19-28)36-39(40(47)56)51-42(50-36)35-15-9-25-55(35)43(57)37(52-45(59)60)30-10-4-2-5-11-30/h2-7,10-13,16-23,26,34-35,37-38,52H,8-9,14-15,24-25H2,1H3,(H2,47,56)(H,48,49)(H,50,51)(H,53,61)(H,59,60)/t34-,35-,37?,38?/m0/s1. The van der Waals surface area contributed by atoms with E-state index >= 15 is 0 Å². The van der Waals surface area contributed by atoms with Gasteiger partial charge in [-0.15, -0.1) is 0 Å². The van der Waals surface area contributed by atoms with Crippen LogP contribution in [0.4, 0.5) is 9.59 Å². The van der Waals surface area contributed by atoms with Gasteiger partial charge in [0.1, 0.15) is 35.1 Å². The lowest BCUT2D eigenvalue weighted by molar-refractivity contribution is -0.135. The van der Waals surface area contributed by atoms with Gasteiger partial charge in [0.15, 0.2) is 0 Å². The van der Waals surface area contributed by atoms with Gasteiger partial charge in [-0.1, -0.05) is 109 Å².